The number of benzene rings is 1. The van der Waals surface area contributed by atoms with Gasteiger partial charge >= 0.3 is 0 Å². The zero-order valence-electron chi connectivity index (χ0n) is 74.7. The first-order valence-electron chi connectivity index (χ1n) is 45.8. The highest BCUT2D eigenvalue weighted by Gasteiger charge is 2.56. The highest BCUT2D eigenvalue weighted by molar-refractivity contribution is 5.45. The van der Waals surface area contributed by atoms with Crippen LogP contribution in [0.2, 0.25) is 0 Å². The van der Waals surface area contributed by atoms with E-state index in [1.807, 2.05) is 54.6 Å². The van der Waals surface area contributed by atoms with Crippen molar-refractivity contribution in [2.24, 2.45) is 57.1 Å². The highest BCUT2D eigenvalue weighted by Crippen LogP contribution is 2.59. The molecule has 19 rings (SSSR count). The molecular weight excluding hydrogens is 1460 g/mol. The predicted molar refractivity (Wildman–Crippen MR) is 471 cm³/mol. The third-order valence-electron chi connectivity index (χ3n) is 30.9. The van der Waals surface area contributed by atoms with Crippen LogP contribution in [0.15, 0.2) is 97.8 Å². The molecule has 12 aliphatic heterocycles. The summed E-state index contributed by atoms with van der Waals surface area (Å²) in [6.07, 6.45) is 30.5. The number of para-hydroxylation sites is 1. The number of hydrogen-bond donors (Lipinski definition) is 6. The molecule has 1 aromatic carbocycles. The van der Waals surface area contributed by atoms with Gasteiger partial charge in [0.1, 0.15) is 45.3 Å². The number of nitrogens with two attached hydrogens (primary N) is 6. The van der Waals surface area contributed by atoms with E-state index in [2.05, 4.69) is 171 Å². The van der Waals surface area contributed by atoms with E-state index in [4.69, 9.17) is 58.1 Å². The lowest BCUT2D eigenvalue weighted by Crippen LogP contribution is -2.52. The van der Waals surface area contributed by atoms with E-state index < -0.39 is 0 Å². The van der Waals surface area contributed by atoms with Crippen molar-refractivity contribution in [3.8, 4) is 29.0 Å². The Morgan fingerprint density at radius 2 is 0.573 bits per heavy atom. The summed E-state index contributed by atoms with van der Waals surface area (Å²) in [4.78, 5) is 34.5. The van der Waals surface area contributed by atoms with Gasteiger partial charge in [-0.15, -0.1) is 0 Å². The van der Waals surface area contributed by atoms with Gasteiger partial charge in [-0.3, -0.25) is 9.97 Å². The molecule has 7 spiro atoms. The van der Waals surface area contributed by atoms with Crippen molar-refractivity contribution in [1.29, 1.82) is 0 Å². The Bertz CT molecular complexity index is 3480. The minimum absolute atomic E-state index is 0.00943. The van der Waals surface area contributed by atoms with Crippen LogP contribution in [-0.2, 0) is 0 Å². The van der Waals surface area contributed by atoms with E-state index >= 15 is 0 Å². The first-order valence-corrected chi connectivity index (χ1v) is 45.8. The third kappa shape index (κ3) is 19.1. The normalized spacial score (nSPS) is 28.5. The summed E-state index contributed by atoms with van der Waals surface area (Å²) >= 11 is 0. The molecule has 12 N–H and O–H groups in total. The van der Waals surface area contributed by atoms with Gasteiger partial charge in [-0.25, -0.2) is 9.97 Å². The van der Waals surface area contributed by atoms with Crippen LogP contribution < -0.4 is 58.1 Å². The fraction of sp³-hybridized carbons (Fsp3) is 0.726. The Hall–Kier alpha value is -5.70. The minimum atomic E-state index is -0.220. The fourth-order valence-electron chi connectivity index (χ4n) is 22.1. The molecule has 9 fully saturated rings. The average molecular weight is 1610 g/mol. The van der Waals surface area contributed by atoms with E-state index in [1.165, 1.54) is 76.7 Å². The second kappa shape index (κ2) is 37.2. The SMILES string of the molecule is CC(C)N1CCC2(CC1)CC2C.CC(C)N1CCC2(CC1)C[C@H](C)C[C@H]2N.CC(C)N1CCC2(CC1)Oc1ccccc1[C@H]2N.CC(C)N1CCC2(CC1)Oc1cnccc1[C@@H]2N.CC(C)N1CCC2(CC1)Oc1cnccc1[C@H]2N.CC(C)N1CCC2(CC1)Oc1ncccc1[C@@H]2N.CC(C)N1CCC2(CC1)Oc1ncccc1[C@H]2N. The molecule has 22 heteroatoms. The first-order chi connectivity index (χ1) is 55.8. The Balaban J connectivity index is 0.000000119. The molecule has 2 aliphatic carbocycles. The molecule has 22 nitrogen and oxygen atoms in total. The smallest absolute Gasteiger partial charge is 0.218 e. The average Bonchev–Trinajstić information content (AvgIpc) is 1.62. The molecule has 7 saturated heterocycles. The molecular formula is C95H153N17O5. The quantitative estimate of drug-likeness (QED) is 0.0883. The maximum absolute atomic E-state index is 6.43. The van der Waals surface area contributed by atoms with Crippen molar-refractivity contribution in [3.05, 3.63) is 126 Å². The Labute approximate surface area is 704 Å². The van der Waals surface area contributed by atoms with Gasteiger partial charge in [-0.05, 0) is 221 Å². The molecule has 16 heterocycles. The fourth-order valence-corrected chi connectivity index (χ4v) is 22.1. The largest absolute Gasteiger partial charge is 0.485 e. The van der Waals surface area contributed by atoms with Crippen molar-refractivity contribution >= 4 is 0 Å². The minimum Gasteiger partial charge on any atom is -0.485 e. The molecule has 4 aromatic heterocycles. The molecule has 14 aliphatic rings. The van der Waals surface area contributed by atoms with Crippen LogP contribution in [0.5, 0.6) is 29.0 Å². The number of piperidine rings is 7. The lowest BCUT2D eigenvalue weighted by molar-refractivity contribution is -0.00931. The summed E-state index contributed by atoms with van der Waals surface area (Å²) in [5.41, 5.74) is 44.2. The van der Waals surface area contributed by atoms with Crippen molar-refractivity contribution in [3.63, 3.8) is 0 Å². The van der Waals surface area contributed by atoms with Crippen molar-refractivity contribution in [1.82, 2.24) is 54.2 Å². The maximum Gasteiger partial charge on any atom is 0.218 e. The third-order valence-corrected chi connectivity index (χ3v) is 30.9. The molecule has 8 atom stereocenters. The second-order valence-corrected chi connectivity index (χ2v) is 39.8. The van der Waals surface area contributed by atoms with Gasteiger partial charge in [0.05, 0.1) is 42.6 Å². The first kappa shape index (κ1) is 89.1. The van der Waals surface area contributed by atoms with E-state index in [-0.39, 0.29) is 58.2 Å². The van der Waals surface area contributed by atoms with Crippen LogP contribution in [-0.4, -0.2) is 222 Å². The Kier molecular flexibility index (Phi) is 28.3. The van der Waals surface area contributed by atoms with Gasteiger partial charge < -0.3 is 92.4 Å². The standard InChI is InChI=1S/C15H22N2O.4C14H21N3O.C13H26N2.C11H21N/c1-11(2)17-9-7-15(8-10-17)14(16)12-5-3-4-6-13(12)18-15;2*1-10(2)17-7-4-14(5-8-17)13(15)11-3-6-16-9-12(11)18-14;2*1-10(2)17-8-5-14(6-9-17)12(15)11-4-3-7-16-13(11)18-14;1-10(2)15-6-4-13(5-7-15)9-11(3)8-12(13)14;1-9(2)12-6-4-11(5-7-12)8-10(11)3/h3-6,11,14H,7-10,16H2,1-2H3;2*3,6,9-10,13H,4-5,7-8,15H2,1-2H3;2*3-4,7,10,12H,5-6,8-9,15H2,1-2H3;10-12H,4-9,14H2,1-3H3;9-10H,4-8H2,1-3H3/t14-;2*13-;2*12-;11-,12-;/m110101./s1. The number of nitrogens with zero attached hydrogens (tertiary/aromatic N) is 11. The summed E-state index contributed by atoms with van der Waals surface area (Å²) in [6, 6.07) is 25.0. The van der Waals surface area contributed by atoms with Crippen LogP contribution in [0.1, 0.15) is 278 Å². The predicted octanol–water partition coefficient (Wildman–Crippen LogP) is 13.9. The van der Waals surface area contributed by atoms with Gasteiger partial charge in [0.15, 0.2) is 0 Å². The lowest BCUT2D eigenvalue weighted by Gasteiger charge is -2.43. The number of ether oxygens (including phenoxy) is 5. The van der Waals surface area contributed by atoms with Gasteiger partial charge in [0.25, 0.3) is 0 Å². The van der Waals surface area contributed by atoms with E-state index in [0.717, 1.165) is 204 Å². The topological polar surface area (TPSA) is 277 Å². The summed E-state index contributed by atoms with van der Waals surface area (Å²) in [5.74, 6) is 6.11. The highest BCUT2D eigenvalue weighted by atomic mass is 16.5. The van der Waals surface area contributed by atoms with E-state index in [1.54, 1.807) is 37.2 Å². The Morgan fingerprint density at radius 3 is 0.846 bits per heavy atom. The number of rotatable bonds is 7. The van der Waals surface area contributed by atoms with Crippen LogP contribution in [0, 0.1) is 22.7 Å². The second-order valence-electron chi connectivity index (χ2n) is 39.8. The summed E-state index contributed by atoms with van der Waals surface area (Å²) in [5, 5.41) is 0. The lowest BCUT2D eigenvalue weighted by atomic mass is 9.74. The van der Waals surface area contributed by atoms with Crippen LogP contribution in [0.4, 0.5) is 0 Å². The monoisotopic (exact) mass is 1610 g/mol. The molecule has 0 radical (unpaired) electrons. The van der Waals surface area contributed by atoms with E-state index in [9.17, 15) is 0 Å². The van der Waals surface area contributed by atoms with Crippen molar-refractivity contribution in [2.45, 2.75) is 326 Å². The van der Waals surface area contributed by atoms with Gasteiger partial charge in [0, 0.05) is 231 Å². The summed E-state index contributed by atoms with van der Waals surface area (Å²) in [7, 11) is 0. The Morgan fingerprint density at radius 1 is 0.308 bits per heavy atom. The number of aromatic nitrogens is 4. The summed E-state index contributed by atoms with van der Waals surface area (Å²) in [6.45, 7) is 52.3. The molecule has 0 amide bonds. The van der Waals surface area contributed by atoms with Crippen LogP contribution in [0.25, 0.3) is 0 Å². The number of likely N-dealkylation sites (tertiary alicyclic amines) is 7. The molecule has 0 bridgehead atoms. The maximum atomic E-state index is 6.43. The van der Waals surface area contributed by atoms with Crippen LogP contribution >= 0.6 is 0 Å². The molecule has 117 heavy (non-hydrogen) atoms. The van der Waals surface area contributed by atoms with Crippen molar-refractivity contribution < 1.29 is 23.7 Å². The van der Waals surface area contributed by atoms with Gasteiger partial charge in [0.2, 0.25) is 11.8 Å². The zero-order chi connectivity index (χ0) is 83.6. The number of fused-ring (bicyclic) bond motifs is 5. The molecule has 648 valence electrons. The molecule has 2 saturated carbocycles. The van der Waals surface area contributed by atoms with Gasteiger partial charge in [-0.1, -0.05) is 44.2 Å². The van der Waals surface area contributed by atoms with Gasteiger partial charge in [-0.2, -0.15) is 0 Å². The zero-order valence-corrected chi connectivity index (χ0v) is 74.7. The molecule has 1 unspecified atom stereocenters. The van der Waals surface area contributed by atoms with Crippen LogP contribution in [0.3, 0.4) is 0 Å². The molecule has 5 aromatic rings. The van der Waals surface area contributed by atoms with Crippen molar-refractivity contribution in [2.75, 3.05) is 91.6 Å². The van der Waals surface area contributed by atoms with E-state index in [0.29, 0.717) is 47.7 Å². The number of hydrogen-bond acceptors (Lipinski definition) is 22. The summed E-state index contributed by atoms with van der Waals surface area (Å²) < 4.78 is 30.8. The number of pyridine rings is 4.